The average Bonchev–Trinajstić information content (AvgIpc) is 2.92. The predicted octanol–water partition coefficient (Wildman–Crippen LogP) is 7.54. The lowest BCUT2D eigenvalue weighted by Gasteiger charge is -2.34. The van der Waals surface area contributed by atoms with E-state index >= 15 is 0 Å². The van der Waals surface area contributed by atoms with Crippen LogP contribution in [0.4, 0.5) is 0 Å². The quantitative estimate of drug-likeness (QED) is 0.149. The molecule has 1 aliphatic carbocycles. The van der Waals surface area contributed by atoms with E-state index in [0.29, 0.717) is 0 Å². The van der Waals surface area contributed by atoms with E-state index in [1.165, 1.54) is 27.8 Å². The fourth-order valence-corrected chi connectivity index (χ4v) is 4.46. The maximum absolute atomic E-state index is 4.32. The van der Waals surface area contributed by atoms with Gasteiger partial charge < -0.3 is 16.2 Å². The van der Waals surface area contributed by atoms with Crippen LogP contribution >= 0.6 is 0 Å². The highest BCUT2D eigenvalue weighted by Crippen LogP contribution is 2.45. The minimum absolute atomic E-state index is 0.0121. The van der Waals surface area contributed by atoms with Gasteiger partial charge in [-0.15, -0.1) is 0 Å². The van der Waals surface area contributed by atoms with Crippen LogP contribution in [0.1, 0.15) is 36.1 Å². The van der Waals surface area contributed by atoms with E-state index in [4.69, 9.17) is 0 Å². The molecule has 0 radical (unpaired) electrons. The van der Waals surface area contributed by atoms with Crippen LogP contribution in [0, 0.1) is 0 Å². The van der Waals surface area contributed by atoms with Gasteiger partial charge in [0.05, 0.1) is 0 Å². The van der Waals surface area contributed by atoms with Gasteiger partial charge in [-0.1, -0.05) is 112 Å². The highest BCUT2D eigenvalue weighted by Gasteiger charge is 2.31. The number of hydrazine groups is 1. The van der Waals surface area contributed by atoms with Gasteiger partial charge in [-0.05, 0) is 63.2 Å². The van der Waals surface area contributed by atoms with E-state index in [1.807, 2.05) is 67.1 Å². The first kappa shape index (κ1) is 25.6. The summed E-state index contributed by atoms with van der Waals surface area (Å²) in [5.74, 6) is 0. The summed E-state index contributed by atoms with van der Waals surface area (Å²) in [7, 11) is 0. The molecule has 3 aromatic carbocycles. The zero-order valence-electron chi connectivity index (χ0n) is 21.7. The van der Waals surface area contributed by atoms with E-state index in [9.17, 15) is 0 Å². The van der Waals surface area contributed by atoms with Gasteiger partial charge in [-0.2, -0.15) is 0 Å². The van der Waals surface area contributed by atoms with Crippen molar-refractivity contribution in [2.75, 3.05) is 0 Å². The molecule has 3 N–H and O–H groups in total. The lowest BCUT2D eigenvalue weighted by Crippen LogP contribution is -2.23. The summed E-state index contributed by atoms with van der Waals surface area (Å²) in [5, 5.41) is 3.29. The number of hydrogen-bond acceptors (Lipinski definition) is 3. The molecule has 1 aliphatic rings. The van der Waals surface area contributed by atoms with Gasteiger partial charge in [0.15, 0.2) is 0 Å². The third-order valence-electron chi connectivity index (χ3n) is 6.60. The van der Waals surface area contributed by atoms with Crippen molar-refractivity contribution in [2.24, 2.45) is 0 Å². The fraction of sp³-hybridized carbons (Fsp3) is 0.118. The standard InChI is InChI=1S/C34H35N3/c1-26(30-21-20-29-24-32(30)31-18-8-9-19-33(31)34(29,3)4)14-10-12-22-36-37-23-13-11-15-27(2)35-25-28-16-6-5-7-17-28/h5-24,35-37H,1-2,25H2,3-4H3/b14-10-,15-11-,22-12-,23-13-. The predicted molar refractivity (Wildman–Crippen MR) is 158 cm³/mol. The van der Waals surface area contributed by atoms with Crippen LogP contribution in [-0.4, -0.2) is 0 Å². The van der Waals surface area contributed by atoms with Crippen LogP contribution in [0.2, 0.25) is 0 Å². The van der Waals surface area contributed by atoms with E-state index in [1.54, 1.807) is 0 Å². The van der Waals surface area contributed by atoms with Gasteiger partial charge in [-0.25, -0.2) is 0 Å². The van der Waals surface area contributed by atoms with Crippen molar-refractivity contribution >= 4 is 5.57 Å². The Bertz CT molecular complexity index is 1370. The second-order valence-electron chi connectivity index (χ2n) is 9.55. The first-order valence-electron chi connectivity index (χ1n) is 12.5. The summed E-state index contributed by atoms with van der Waals surface area (Å²) in [6, 6.07) is 25.7. The van der Waals surface area contributed by atoms with Gasteiger partial charge in [0, 0.05) is 30.1 Å². The van der Waals surface area contributed by atoms with Crippen molar-refractivity contribution in [3.05, 3.63) is 163 Å². The minimum atomic E-state index is 0.0121. The first-order valence-corrected chi connectivity index (χ1v) is 12.5. The summed E-state index contributed by atoms with van der Waals surface area (Å²) in [6.07, 6.45) is 15.4. The summed E-state index contributed by atoms with van der Waals surface area (Å²) in [5.41, 5.74) is 15.5. The van der Waals surface area contributed by atoms with Crippen LogP contribution < -0.4 is 16.2 Å². The molecule has 0 saturated carbocycles. The van der Waals surface area contributed by atoms with Crippen LogP contribution in [0.5, 0.6) is 0 Å². The maximum atomic E-state index is 4.32. The maximum Gasteiger partial charge on any atom is 0.0400 e. The molecule has 37 heavy (non-hydrogen) atoms. The van der Waals surface area contributed by atoms with Crippen molar-refractivity contribution in [2.45, 2.75) is 25.8 Å². The molecule has 0 amide bonds. The minimum Gasteiger partial charge on any atom is -0.381 e. The highest BCUT2D eigenvalue weighted by atomic mass is 15.3. The molecule has 0 spiro atoms. The lowest BCUT2D eigenvalue weighted by molar-refractivity contribution is 0.637. The highest BCUT2D eigenvalue weighted by molar-refractivity contribution is 5.88. The Labute approximate surface area is 221 Å². The number of hydrogen-bond donors (Lipinski definition) is 3. The number of allylic oxidation sites excluding steroid dienone is 7. The van der Waals surface area contributed by atoms with Crippen molar-refractivity contribution < 1.29 is 0 Å². The van der Waals surface area contributed by atoms with Gasteiger partial charge >= 0.3 is 0 Å². The molecule has 3 heteroatoms. The Kier molecular flexibility index (Phi) is 8.27. The van der Waals surface area contributed by atoms with Gasteiger partial charge in [0.25, 0.3) is 0 Å². The molecule has 0 heterocycles. The van der Waals surface area contributed by atoms with Crippen molar-refractivity contribution in [3.8, 4) is 11.1 Å². The van der Waals surface area contributed by atoms with Crippen LogP contribution in [0.3, 0.4) is 0 Å². The van der Waals surface area contributed by atoms with Crippen molar-refractivity contribution in [1.82, 2.24) is 16.2 Å². The molecule has 0 atom stereocenters. The zero-order chi connectivity index (χ0) is 26.1. The lowest BCUT2D eigenvalue weighted by atomic mass is 9.69. The Morgan fingerprint density at radius 2 is 1.43 bits per heavy atom. The molecule has 3 aromatic rings. The third-order valence-corrected chi connectivity index (χ3v) is 6.60. The molecule has 0 fully saturated rings. The number of benzene rings is 3. The number of nitrogens with one attached hydrogen (secondary N) is 3. The normalized spacial score (nSPS) is 13.8. The van der Waals surface area contributed by atoms with Crippen LogP contribution in [0.25, 0.3) is 16.7 Å². The first-order chi connectivity index (χ1) is 18.0. The van der Waals surface area contributed by atoms with Crippen molar-refractivity contribution in [3.63, 3.8) is 0 Å². The van der Waals surface area contributed by atoms with E-state index in [0.717, 1.165) is 23.4 Å². The third kappa shape index (κ3) is 6.39. The summed E-state index contributed by atoms with van der Waals surface area (Å²) in [6.45, 7) is 13.7. The van der Waals surface area contributed by atoms with Gasteiger partial charge in [-0.3, -0.25) is 0 Å². The molecular weight excluding hydrogens is 450 g/mol. The second-order valence-corrected chi connectivity index (χ2v) is 9.55. The van der Waals surface area contributed by atoms with Crippen LogP contribution in [-0.2, 0) is 12.0 Å². The van der Waals surface area contributed by atoms with Gasteiger partial charge in [0.2, 0.25) is 0 Å². The summed E-state index contributed by atoms with van der Waals surface area (Å²) >= 11 is 0. The topological polar surface area (TPSA) is 36.1 Å². The molecule has 0 aromatic heterocycles. The SMILES string of the molecule is C=C(/C=C\C=C/NN/C=C\C=C/C(=C)c1ccc2cc1-c1ccccc1C2(C)C)NCc1ccccc1. The van der Waals surface area contributed by atoms with Gasteiger partial charge in [0.1, 0.15) is 0 Å². The number of fused-ring (bicyclic) bond motifs is 4. The molecule has 3 nitrogen and oxygen atoms in total. The second kappa shape index (κ2) is 12.0. The van der Waals surface area contributed by atoms with E-state index in [-0.39, 0.29) is 5.41 Å². The molecule has 4 rings (SSSR count). The van der Waals surface area contributed by atoms with Crippen LogP contribution in [0.15, 0.2) is 141 Å². The molecule has 0 saturated heterocycles. The summed E-state index contributed by atoms with van der Waals surface area (Å²) in [4.78, 5) is 0. The Balaban J connectivity index is 1.23. The molecular formula is C34H35N3. The van der Waals surface area contributed by atoms with E-state index < -0.39 is 0 Å². The molecule has 2 bridgehead atoms. The molecule has 186 valence electrons. The average molecular weight is 486 g/mol. The largest absolute Gasteiger partial charge is 0.381 e. The monoisotopic (exact) mass is 485 g/mol. The Morgan fingerprint density at radius 3 is 2.19 bits per heavy atom. The fourth-order valence-electron chi connectivity index (χ4n) is 4.46. The smallest absolute Gasteiger partial charge is 0.0400 e. The zero-order valence-corrected chi connectivity index (χ0v) is 21.7. The summed E-state index contributed by atoms with van der Waals surface area (Å²) < 4.78 is 0. The Morgan fingerprint density at radius 1 is 0.757 bits per heavy atom. The molecule has 0 aliphatic heterocycles. The number of rotatable bonds is 11. The molecule has 0 unspecified atom stereocenters. The Hall–Kier alpha value is -4.50. The van der Waals surface area contributed by atoms with Crippen molar-refractivity contribution in [1.29, 1.82) is 0 Å². The van der Waals surface area contributed by atoms with E-state index in [2.05, 4.69) is 97.8 Å².